The second-order valence-corrected chi connectivity index (χ2v) is 5.74. The Morgan fingerprint density at radius 1 is 1.36 bits per heavy atom. The van der Waals surface area contributed by atoms with Crippen molar-refractivity contribution >= 4 is 29.2 Å². The molecule has 22 heavy (non-hydrogen) atoms. The molecular weight excluding hydrogens is 327 g/mol. The number of carbonyl (C=O) groups excluding carboxylic acids is 1. The van der Waals surface area contributed by atoms with Gasteiger partial charge in [0.25, 0.3) is 0 Å². The molecule has 0 aromatic rings. The monoisotopic (exact) mass is 340 g/mol. The Morgan fingerprint density at radius 2 is 2.18 bits per heavy atom. The van der Waals surface area contributed by atoms with Crippen molar-refractivity contribution in [3.63, 3.8) is 0 Å². The van der Waals surface area contributed by atoms with Crippen LogP contribution in [0.1, 0.15) is 12.8 Å². The highest BCUT2D eigenvalue weighted by atomic mass is 35.5. The largest absolute Gasteiger partial charge is 0.464 e. The SMILES string of the molecule is COC(=O)C1OC(Cl)=C2C=CCC/C2=C2\C=CC=C(Cl)C2O1. The molecule has 1 aliphatic heterocycles. The first-order valence-corrected chi connectivity index (χ1v) is 7.61. The maximum atomic E-state index is 11.9. The fraction of sp³-hybridized carbons (Fsp3) is 0.312. The molecule has 6 heteroatoms. The van der Waals surface area contributed by atoms with Crippen molar-refractivity contribution in [1.29, 1.82) is 0 Å². The van der Waals surface area contributed by atoms with E-state index in [4.69, 9.17) is 37.4 Å². The molecule has 0 radical (unpaired) electrons. The quantitative estimate of drug-likeness (QED) is 0.683. The van der Waals surface area contributed by atoms with Gasteiger partial charge in [-0.25, -0.2) is 4.79 Å². The van der Waals surface area contributed by atoms with Crippen LogP contribution >= 0.6 is 23.2 Å². The highest BCUT2D eigenvalue weighted by Crippen LogP contribution is 2.39. The molecule has 1 heterocycles. The maximum Gasteiger partial charge on any atom is 0.376 e. The minimum Gasteiger partial charge on any atom is -0.464 e. The molecule has 3 aliphatic rings. The number of esters is 1. The van der Waals surface area contributed by atoms with Crippen LogP contribution in [-0.2, 0) is 19.0 Å². The number of hydrogen-bond acceptors (Lipinski definition) is 4. The zero-order chi connectivity index (χ0) is 15.7. The topological polar surface area (TPSA) is 44.8 Å². The summed E-state index contributed by atoms with van der Waals surface area (Å²) in [6.45, 7) is 0. The zero-order valence-electron chi connectivity index (χ0n) is 11.8. The summed E-state index contributed by atoms with van der Waals surface area (Å²) in [5, 5.41) is 0.598. The second kappa shape index (κ2) is 6.32. The van der Waals surface area contributed by atoms with Crippen LogP contribution in [0.3, 0.4) is 0 Å². The van der Waals surface area contributed by atoms with Crippen molar-refractivity contribution < 1.29 is 19.0 Å². The molecule has 0 saturated carbocycles. The van der Waals surface area contributed by atoms with Gasteiger partial charge in [0.05, 0.1) is 12.1 Å². The first kappa shape index (κ1) is 15.4. The lowest BCUT2D eigenvalue weighted by atomic mass is 9.87. The van der Waals surface area contributed by atoms with E-state index in [0.29, 0.717) is 5.03 Å². The van der Waals surface area contributed by atoms with E-state index >= 15 is 0 Å². The van der Waals surface area contributed by atoms with Gasteiger partial charge in [-0.3, -0.25) is 0 Å². The van der Waals surface area contributed by atoms with Crippen molar-refractivity contribution in [2.75, 3.05) is 7.11 Å². The van der Waals surface area contributed by atoms with Crippen LogP contribution in [0.4, 0.5) is 0 Å². The van der Waals surface area contributed by atoms with Crippen LogP contribution in [0.15, 0.2) is 57.4 Å². The van der Waals surface area contributed by atoms with Crippen molar-refractivity contribution in [3.05, 3.63) is 57.4 Å². The third-order valence-corrected chi connectivity index (χ3v) is 4.28. The van der Waals surface area contributed by atoms with E-state index in [9.17, 15) is 4.79 Å². The van der Waals surface area contributed by atoms with Crippen molar-refractivity contribution in [2.45, 2.75) is 25.2 Å². The number of ether oxygens (including phenoxy) is 3. The van der Waals surface area contributed by atoms with Gasteiger partial charge in [-0.15, -0.1) is 0 Å². The molecule has 2 atom stereocenters. The number of carbonyl (C=O) groups is 1. The summed E-state index contributed by atoms with van der Waals surface area (Å²) >= 11 is 12.5. The van der Waals surface area contributed by atoms with E-state index in [0.717, 1.165) is 29.6 Å². The van der Waals surface area contributed by atoms with Crippen molar-refractivity contribution in [2.24, 2.45) is 0 Å². The highest BCUT2D eigenvalue weighted by molar-refractivity contribution is 6.31. The molecule has 116 valence electrons. The second-order valence-electron chi connectivity index (χ2n) is 4.96. The Kier molecular flexibility index (Phi) is 4.43. The number of allylic oxidation sites excluding steroid dienone is 6. The lowest BCUT2D eigenvalue weighted by molar-refractivity contribution is -0.186. The van der Waals surface area contributed by atoms with E-state index in [1.54, 1.807) is 6.08 Å². The van der Waals surface area contributed by atoms with Gasteiger partial charge in [-0.2, -0.15) is 0 Å². The Labute approximate surface area is 138 Å². The molecule has 0 aromatic carbocycles. The van der Waals surface area contributed by atoms with Crippen LogP contribution in [-0.4, -0.2) is 25.5 Å². The van der Waals surface area contributed by atoms with E-state index < -0.39 is 18.4 Å². The zero-order valence-corrected chi connectivity index (χ0v) is 13.4. The molecule has 0 saturated heterocycles. The average molecular weight is 341 g/mol. The molecule has 0 fully saturated rings. The third-order valence-electron chi connectivity index (χ3n) is 3.66. The van der Waals surface area contributed by atoms with Gasteiger partial charge in [-0.05, 0) is 41.7 Å². The fourth-order valence-electron chi connectivity index (χ4n) is 2.62. The average Bonchev–Trinajstić information content (AvgIpc) is 2.53. The molecule has 0 amide bonds. The van der Waals surface area contributed by atoms with Crippen molar-refractivity contribution in [1.82, 2.24) is 0 Å². The molecule has 0 bridgehead atoms. The molecule has 4 nitrogen and oxygen atoms in total. The van der Waals surface area contributed by atoms with Crippen LogP contribution in [0, 0.1) is 0 Å². The molecule has 2 unspecified atom stereocenters. The number of rotatable bonds is 1. The molecule has 0 aromatic heterocycles. The Hall–Kier alpha value is -1.49. The Bertz CT molecular complexity index is 655. The number of halogens is 2. The lowest BCUT2D eigenvalue weighted by Crippen LogP contribution is -2.35. The van der Waals surface area contributed by atoms with Crippen molar-refractivity contribution in [3.8, 4) is 0 Å². The highest BCUT2D eigenvalue weighted by Gasteiger charge is 2.35. The summed E-state index contributed by atoms with van der Waals surface area (Å²) in [6.07, 6.45) is 9.28. The third kappa shape index (κ3) is 2.74. The molecule has 0 spiro atoms. The molecule has 3 rings (SSSR count). The smallest absolute Gasteiger partial charge is 0.376 e. The van der Waals surface area contributed by atoms with Crippen LogP contribution in [0.25, 0.3) is 0 Å². The van der Waals surface area contributed by atoms with E-state index in [-0.39, 0.29) is 5.22 Å². The molecule has 2 aliphatic carbocycles. The van der Waals surface area contributed by atoms with E-state index in [2.05, 4.69) is 0 Å². The molecule has 0 N–H and O–H groups in total. The predicted molar refractivity (Wildman–Crippen MR) is 83.1 cm³/mol. The summed E-state index contributed by atoms with van der Waals surface area (Å²) in [7, 11) is 1.26. The predicted octanol–water partition coefficient (Wildman–Crippen LogP) is 3.69. The minimum absolute atomic E-state index is 0.117. The normalized spacial score (nSPS) is 30.6. The van der Waals surface area contributed by atoms with Gasteiger partial charge in [-0.1, -0.05) is 35.9 Å². The van der Waals surface area contributed by atoms with Gasteiger partial charge in [0, 0.05) is 5.57 Å². The Balaban J connectivity index is 2.13. The number of fused-ring (bicyclic) bond motifs is 2. The number of hydrogen-bond donors (Lipinski definition) is 0. The minimum atomic E-state index is -1.27. The summed E-state index contributed by atoms with van der Waals surface area (Å²) in [5.41, 5.74) is 2.66. The van der Waals surface area contributed by atoms with Crippen LogP contribution < -0.4 is 0 Å². The van der Waals surface area contributed by atoms with Gasteiger partial charge in [0.2, 0.25) is 0 Å². The van der Waals surface area contributed by atoms with Gasteiger partial charge in [0.1, 0.15) is 6.10 Å². The van der Waals surface area contributed by atoms with E-state index in [1.165, 1.54) is 7.11 Å². The fourth-order valence-corrected chi connectivity index (χ4v) is 3.12. The van der Waals surface area contributed by atoms with Gasteiger partial charge >= 0.3 is 12.3 Å². The van der Waals surface area contributed by atoms with Gasteiger partial charge in [0.15, 0.2) is 5.22 Å². The summed E-state index contributed by atoms with van der Waals surface area (Å²) in [6, 6.07) is 0. The summed E-state index contributed by atoms with van der Waals surface area (Å²) < 4.78 is 15.9. The van der Waals surface area contributed by atoms with Crippen LogP contribution in [0.2, 0.25) is 0 Å². The Morgan fingerprint density at radius 3 is 2.95 bits per heavy atom. The summed E-state index contributed by atoms with van der Waals surface area (Å²) in [5.74, 6) is -0.666. The lowest BCUT2D eigenvalue weighted by Gasteiger charge is -2.31. The standard InChI is InChI=1S/C16H14Cl2O4/c1-20-15(19)16-21-13-10(7-4-8-12(13)17)9-5-2-3-6-11(9)14(18)22-16/h3-4,6-8,13,16H,2,5H2,1H3/b10-9-,14-11?. The first-order chi connectivity index (χ1) is 10.6. The first-order valence-electron chi connectivity index (χ1n) is 6.85. The van der Waals surface area contributed by atoms with Gasteiger partial charge < -0.3 is 14.2 Å². The maximum absolute atomic E-state index is 11.9. The van der Waals surface area contributed by atoms with Crippen LogP contribution in [0.5, 0.6) is 0 Å². The summed E-state index contributed by atoms with van der Waals surface area (Å²) in [4.78, 5) is 11.9. The van der Waals surface area contributed by atoms with E-state index in [1.807, 2.05) is 24.3 Å². The number of methoxy groups -OCH3 is 1. The molecular formula is C16H14Cl2O4.